The number of hydrogen-bond acceptors (Lipinski definition) is 6. The summed E-state index contributed by atoms with van der Waals surface area (Å²) in [4.78, 5) is 25.2. The molecule has 0 amide bonds. The Kier molecular flexibility index (Phi) is 9.46. The molecule has 1 heterocycles. The Labute approximate surface area is 210 Å². The van der Waals surface area contributed by atoms with Crippen LogP contribution in [-0.2, 0) is 15.4 Å². The van der Waals surface area contributed by atoms with Gasteiger partial charge >= 0.3 is 11.7 Å². The van der Waals surface area contributed by atoms with Gasteiger partial charge in [0.15, 0.2) is 0 Å². The summed E-state index contributed by atoms with van der Waals surface area (Å²) in [5, 5.41) is 4.69. The van der Waals surface area contributed by atoms with Crippen LogP contribution in [0.1, 0.15) is 26.7 Å². The smallest absolute Gasteiger partial charge is 0.351 e. The van der Waals surface area contributed by atoms with E-state index in [1.165, 1.54) is 27.3 Å². The molecular formula is C23H25BrClN3O4S. The van der Waals surface area contributed by atoms with Gasteiger partial charge in [-0.15, -0.1) is 11.8 Å². The van der Waals surface area contributed by atoms with Gasteiger partial charge < -0.3 is 9.47 Å². The maximum absolute atomic E-state index is 12.6. The quantitative estimate of drug-likeness (QED) is 0.176. The van der Waals surface area contributed by atoms with Gasteiger partial charge in [0.2, 0.25) is 0 Å². The van der Waals surface area contributed by atoms with Crippen LogP contribution in [0.2, 0.25) is 5.02 Å². The summed E-state index contributed by atoms with van der Waals surface area (Å²) in [6.07, 6.45) is 2.92. The van der Waals surface area contributed by atoms with Crippen LogP contribution in [0, 0.1) is 5.92 Å². The number of benzene rings is 2. The van der Waals surface area contributed by atoms with Crippen LogP contribution < -0.4 is 10.4 Å². The second-order valence-corrected chi connectivity index (χ2v) is 9.61. The normalized spacial score (nSPS) is 11.9. The summed E-state index contributed by atoms with van der Waals surface area (Å²) in [5.74, 6) is 0.600. The topological polar surface area (TPSA) is 75.3 Å². The number of thioether (sulfide) groups is 1. The first-order valence-corrected chi connectivity index (χ1v) is 12.7. The van der Waals surface area contributed by atoms with Gasteiger partial charge in [0.1, 0.15) is 12.1 Å². The van der Waals surface area contributed by atoms with Crippen LogP contribution in [0.3, 0.4) is 0 Å². The number of rotatable bonds is 11. The number of ether oxygens (including phenoxy) is 2. The second kappa shape index (κ2) is 12.3. The molecule has 0 aliphatic carbocycles. The first kappa shape index (κ1) is 25.4. The van der Waals surface area contributed by atoms with Gasteiger partial charge in [-0.3, -0.25) is 4.79 Å². The molecule has 33 heavy (non-hydrogen) atoms. The minimum atomic E-state index is -0.215. The van der Waals surface area contributed by atoms with Crippen molar-refractivity contribution in [1.29, 1.82) is 0 Å². The molecule has 0 saturated heterocycles. The van der Waals surface area contributed by atoms with Crippen molar-refractivity contribution in [3.05, 3.63) is 68.8 Å². The summed E-state index contributed by atoms with van der Waals surface area (Å²) in [7, 11) is 0. The molecule has 10 heteroatoms. The lowest BCUT2D eigenvalue weighted by Crippen LogP contribution is -2.23. The minimum absolute atomic E-state index is 0.154. The van der Waals surface area contributed by atoms with Crippen molar-refractivity contribution >= 4 is 45.3 Å². The standard InChI is InChI=1S/C23H25BrClN3O4S/c1-3-31-22(29)16(2)5-4-12-32-21-11-10-19(13-20(21)25)33-15-28-23(30)27(14-26-28)18-8-6-17(24)7-9-18/h6-11,13-14,16H,3-5,12,15H2,1-2H3. The molecule has 0 fully saturated rings. The fourth-order valence-electron chi connectivity index (χ4n) is 3.00. The molecule has 0 bridgehead atoms. The molecule has 3 aromatic rings. The minimum Gasteiger partial charge on any atom is -0.492 e. The molecule has 0 saturated carbocycles. The average molecular weight is 555 g/mol. The SMILES string of the molecule is CCOC(=O)C(C)CCCOc1ccc(SCn2ncn(-c3ccc(Br)cc3)c2=O)cc1Cl. The molecule has 176 valence electrons. The van der Waals surface area contributed by atoms with Crippen molar-refractivity contribution in [2.45, 2.75) is 37.5 Å². The Morgan fingerprint density at radius 1 is 1.24 bits per heavy atom. The van der Waals surface area contributed by atoms with Gasteiger partial charge in [-0.2, -0.15) is 5.10 Å². The van der Waals surface area contributed by atoms with Crippen LogP contribution in [0.15, 0.2) is 63.0 Å². The lowest BCUT2D eigenvalue weighted by atomic mass is 10.1. The highest BCUT2D eigenvalue weighted by atomic mass is 79.9. The molecule has 2 aromatic carbocycles. The van der Waals surface area contributed by atoms with Crippen LogP contribution in [0.25, 0.3) is 5.69 Å². The third-order valence-corrected chi connectivity index (χ3v) is 6.61. The molecule has 0 spiro atoms. The highest BCUT2D eigenvalue weighted by molar-refractivity contribution is 9.10. The van der Waals surface area contributed by atoms with Crippen LogP contribution >= 0.6 is 39.3 Å². The van der Waals surface area contributed by atoms with Crippen LogP contribution in [-0.4, -0.2) is 33.5 Å². The molecule has 1 aromatic heterocycles. The van der Waals surface area contributed by atoms with Crippen LogP contribution in [0.4, 0.5) is 0 Å². The van der Waals surface area contributed by atoms with E-state index in [-0.39, 0.29) is 17.6 Å². The van der Waals surface area contributed by atoms with E-state index in [9.17, 15) is 9.59 Å². The third-order valence-electron chi connectivity index (χ3n) is 4.82. The molecule has 0 radical (unpaired) electrons. The highest BCUT2D eigenvalue weighted by Gasteiger charge is 2.14. The summed E-state index contributed by atoms with van der Waals surface area (Å²) in [5.41, 5.74) is 0.536. The number of carbonyl (C=O) groups excluding carboxylic acids is 1. The fraction of sp³-hybridized carbons (Fsp3) is 0.348. The van der Waals surface area contributed by atoms with E-state index in [1.54, 1.807) is 13.0 Å². The summed E-state index contributed by atoms with van der Waals surface area (Å²) >= 11 is 11.2. The van der Waals surface area contributed by atoms with Gasteiger partial charge in [0.05, 0.1) is 35.7 Å². The zero-order chi connectivity index (χ0) is 23.8. The number of halogens is 2. The highest BCUT2D eigenvalue weighted by Crippen LogP contribution is 2.30. The van der Waals surface area contributed by atoms with Crippen molar-refractivity contribution < 1.29 is 14.3 Å². The zero-order valence-electron chi connectivity index (χ0n) is 18.4. The fourth-order valence-corrected chi connectivity index (χ4v) is 4.38. The molecule has 3 rings (SSSR count). The number of nitrogens with zero attached hydrogens (tertiary/aromatic N) is 3. The second-order valence-electron chi connectivity index (χ2n) is 7.27. The largest absolute Gasteiger partial charge is 0.492 e. The van der Waals surface area contributed by atoms with E-state index in [4.69, 9.17) is 21.1 Å². The Balaban J connectivity index is 1.51. The Morgan fingerprint density at radius 2 is 2.00 bits per heavy atom. The molecule has 1 unspecified atom stereocenters. The van der Waals surface area contributed by atoms with E-state index >= 15 is 0 Å². The van der Waals surface area contributed by atoms with Gasteiger partial charge in [0, 0.05) is 9.37 Å². The molecule has 0 aliphatic rings. The van der Waals surface area contributed by atoms with Crippen molar-refractivity contribution in [3.8, 4) is 11.4 Å². The Bertz CT molecular complexity index is 1130. The number of esters is 1. The van der Waals surface area contributed by atoms with Gasteiger partial charge in [-0.1, -0.05) is 34.5 Å². The van der Waals surface area contributed by atoms with Gasteiger partial charge in [0.25, 0.3) is 0 Å². The Morgan fingerprint density at radius 3 is 2.70 bits per heavy atom. The summed E-state index contributed by atoms with van der Waals surface area (Å²) in [6, 6.07) is 13.0. The maximum atomic E-state index is 12.6. The number of aromatic nitrogens is 3. The number of hydrogen-bond donors (Lipinski definition) is 0. The number of carbonyl (C=O) groups is 1. The lowest BCUT2D eigenvalue weighted by molar-refractivity contribution is -0.147. The van der Waals surface area contributed by atoms with Gasteiger partial charge in [-0.25, -0.2) is 14.0 Å². The predicted molar refractivity (Wildman–Crippen MR) is 133 cm³/mol. The van der Waals surface area contributed by atoms with Crippen molar-refractivity contribution in [2.24, 2.45) is 5.92 Å². The van der Waals surface area contributed by atoms with E-state index in [0.29, 0.717) is 36.3 Å². The monoisotopic (exact) mass is 553 g/mol. The van der Waals surface area contributed by atoms with E-state index in [0.717, 1.165) is 21.5 Å². The molecule has 0 aliphatic heterocycles. The Hall–Kier alpha value is -2.23. The first-order valence-electron chi connectivity index (χ1n) is 10.5. The van der Waals surface area contributed by atoms with Gasteiger partial charge in [-0.05, 0) is 62.2 Å². The predicted octanol–water partition coefficient (Wildman–Crippen LogP) is 5.56. The third kappa shape index (κ3) is 7.12. The van der Waals surface area contributed by atoms with Crippen molar-refractivity contribution in [1.82, 2.24) is 14.3 Å². The maximum Gasteiger partial charge on any atom is 0.351 e. The molecule has 1 atom stereocenters. The average Bonchev–Trinajstić information content (AvgIpc) is 3.17. The van der Waals surface area contributed by atoms with Crippen molar-refractivity contribution in [3.63, 3.8) is 0 Å². The summed E-state index contributed by atoms with van der Waals surface area (Å²) in [6.45, 7) is 4.50. The molecule has 7 nitrogen and oxygen atoms in total. The molecular weight excluding hydrogens is 530 g/mol. The van der Waals surface area contributed by atoms with E-state index in [1.807, 2.05) is 43.3 Å². The van der Waals surface area contributed by atoms with E-state index < -0.39 is 0 Å². The lowest BCUT2D eigenvalue weighted by Gasteiger charge is -2.12. The van der Waals surface area contributed by atoms with E-state index in [2.05, 4.69) is 21.0 Å². The first-order chi connectivity index (χ1) is 15.9. The van der Waals surface area contributed by atoms with Crippen molar-refractivity contribution in [2.75, 3.05) is 13.2 Å². The summed E-state index contributed by atoms with van der Waals surface area (Å²) < 4.78 is 14.6. The zero-order valence-corrected chi connectivity index (χ0v) is 21.5. The van der Waals surface area contributed by atoms with Crippen LogP contribution in [0.5, 0.6) is 5.75 Å². The molecule has 0 N–H and O–H groups in total.